The number of nitrogens with one attached hydrogen (secondary N) is 3. The second kappa shape index (κ2) is 12.7. The number of aryl methyl sites for hydroxylation is 2. The van der Waals surface area contributed by atoms with Crippen molar-refractivity contribution in [1.82, 2.24) is 5.43 Å². The number of ether oxygens (including phenoxy) is 2. The van der Waals surface area contributed by atoms with E-state index in [4.69, 9.17) is 9.47 Å². The predicted octanol–water partition coefficient (Wildman–Crippen LogP) is 3.81. The van der Waals surface area contributed by atoms with Crippen molar-refractivity contribution >= 4 is 35.3 Å². The Morgan fingerprint density at radius 2 is 1.53 bits per heavy atom. The number of hydrogen-bond acceptors (Lipinski definition) is 6. The number of carbonyl (C=O) groups excluding carboxylic acids is 3. The predicted molar refractivity (Wildman–Crippen MR) is 138 cm³/mol. The first-order valence-corrected chi connectivity index (χ1v) is 11.3. The van der Waals surface area contributed by atoms with Crippen molar-refractivity contribution < 1.29 is 23.9 Å². The van der Waals surface area contributed by atoms with Crippen LogP contribution >= 0.6 is 0 Å². The van der Waals surface area contributed by atoms with Crippen LogP contribution in [-0.4, -0.2) is 37.1 Å². The summed E-state index contributed by atoms with van der Waals surface area (Å²) in [6.45, 7) is 5.97. The SMILES string of the molecule is CCOc1ccc(NC(=O)COc2cccc(/C=N\NC(=O)C(=O)Nc3c(C)cccc3C)c2)cc1. The van der Waals surface area contributed by atoms with E-state index in [0.29, 0.717) is 29.3 Å². The first-order valence-electron chi connectivity index (χ1n) is 11.3. The van der Waals surface area contributed by atoms with E-state index in [1.165, 1.54) is 6.21 Å². The highest BCUT2D eigenvalue weighted by Crippen LogP contribution is 2.19. The van der Waals surface area contributed by atoms with Crippen LogP contribution in [0.3, 0.4) is 0 Å². The van der Waals surface area contributed by atoms with Gasteiger partial charge in [0.05, 0.1) is 12.8 Å². The summed E-state index contributed by atoms with van der Waals surface area (Å²) in [5, 5.41) is 9.18. The molecular formula is C27H28N4O5. The Balaban J connectivity index is 1.48. The number of para-hydroxylation sites is 1. The third kappa shape index (κ3) is 7.69. The first-order chi connectivity index (χ1) is 17.4. The van der Waals surface area contributed by atoms with E-state index in [1.54, 1.807) is 48.5 Å². The van der Waals surface area contributed by atoms with Gasteiger partial charge in [-0.2, -0.15) is 5.10 Å². The molecule has 0 aliphatic rings. The summed E-state index contributed by atoms with van der Waals surface area (Å²) in [4.78, 5) is 36.5. The summed E-state index contributed by atoms with van der Waals surface area (Å²) in [6, 6.07) is 19.4. The van der Waals surface area contributed by atoms with Crippen LogP contribution in [0.15, 0.2) is 71.8 Å². The van der Waals surface area contributed by atoms with Crippen LogP contribution in [0.5, 0.6) is 11.5 Å². The van der Waals surface area contributed by atoms with Gasteiger partial charge in [-0.1, -0.05) is 30.3 Å². The van der Waals surface area contributed by atoms with Gasteiger partial charge in [-0.15, -0.1) is 0 Å². The number of carbonyl (C=O) groups is 3. The minimum absolute atomic E-state index is 0.191. The number of nitrogens with zero attached hydrogens (tertiary/aromatic N) is 1. The summed E-state index contributed by atoms with van der Waals surface area (Å²) in [5.41, 5.74) is 5.74. The number of benzene rings is 3. The fourth-order valence-corrected chi connectivity index (χ4v) is 3.23. The highest BCUT2D eigenvalue weighted by Gasteiger charge is 2.15. The van der Waals surface area contributed by atoms with Gasteiger partial charge >= 0.3 is 11.8 Å². The zero-order valence-electron chi connectivity index (χ0n) is 20.3. The maximum Gasteiger partial charge on any atom is 0.329 e. The average Bonchev–Trinajstić information content (AvgIpc) is 2.86. The van der Waals surface area contributed by atoms with E-state index < -0.39 is 11.8 Å². The Hall–Kier alpha value is -4.66. The Morgan fingerprint density at radius 1 is 0.833 bits per heavy atom. The lowest BCUT2D eigenvalue weighted by atomic mass is 10.1. The Kier molecular flexibility index (Phi) is 9.16. The van der Waals surface area contributed by atoms with Gasteiger partial charge in [-0.25, -0.2) is 5.43 Å². The summed E-state index contributed by atoms with van der Waals surface area (Å²) in [5.74, 6) is -0.865. The molecule has 186 valence electrons. The van der Waals surface area contributed by atoms with Crippen LogP contribution < -0.4 is 25.5 Å². The summed E-state index contributed by atoms with van der Waals surface area (Å²) in [6.07, 6.45) is 1.37. The standard InChI is InChI=1S/C27H28N4O5/c1-4-35-22-13-11-21(12-14-22)29-24(32)17-36-23-10-6-9-20(15-23)16-28-31-27(34)26(33)30-25-18(2)7-5-8-19(25)3/h5-16H,4,17H2,1-3H3,(H,29,32)(H,30,33)(H,31,34)/b28-16-. The van der Waals surface area contributed by atoms with E-state index in [9.17, 15) is 14.4 Å². The number of amides is 3. The van der Waals surface area contributed by atoms with Gasteiger partial charge in [0, 0.05) is 11.4 Å². The van der Waals surface area contributed by atoms with E-state index >= 15 is 0 Å². The average molecular weight is 489 g/mol. The molecule has 0 bridgehead atoms. The van der Waals surface area contributed by atoms with Crippen LogP contribution in [0.2, 0.25) is 0 Å². The largest absolute Gasteiger partial charge is 0.494 e. The lowest BCUT2D eigenvalue weighted by Gasteiger charge is -2.10. The molecule has 0 atom stereocenters. The normalized spacial score (nSPS) is 10.5. The smallest absolute Gasteiger partial charge is 0.329 e. The Labute approximate surface area is 209 Å². The fraction of sp³-hybridized carbons (Fsp3) is 0.185. The zero-order valence-corrected chi connectivity index (χ0v) is 20.3. The molecule has 0 aromatic heterocycles. The quantitative estimate of drug-likeness (QED) is 0.241. The third-order valence-corrected chi connectivity index (χ3v) is 4.98. The number of anilines is 2. The van der Waals surface area contributed by atoms with Gasteiger partial charge in [0.25, 0.3) is 5.91 Å². The molecule has 3 amide bonds. The highest BCUT2D eigenvalue weighted by atomic mass is 16.5. The molecule has 3 aromatic carbocycles. The molecule has 0 radical (unpaired) electrons. The lowest BCUT2D eigenvalue weighted by Crippen LogP contribution is -2.32. The van der Waals surface area contributed by atoms with E-state index in [-0.39, 0.29) is 12.5 Å². The van der Waals surface area contributed by atoms with Gasteiger partial charge in [-0.3, -0.25) is 14.4 Å². The molecule has 0 aliphatic carbocycles. The van der Waals surface area contributed by atoms with Gasteiger partial charge in [0.1, 0.15) is 11.5 Å². The molecular weight excluding hydrogens is 460 g/mol. The molecule has 0 saturated heterocycles. The third-order valence-electron chi connectivity index (χ3n) is 4.98. The monoisotopic (exact) mass is 488 g/mol. The molecule has 3 rings (SSSR count). The molecule has 0 aliphatic heterocycles. The molecule has 3 N–H and O–H groups in total. The highest BCUT2D eigenvalue weighted by molar-refractivity contribution is 6.39. The number of hydrazone groups is 1. The van der Waals surface area contributed by atoms with Crippen molar-refractivity contribution in [3.05, 3.63) is 83.4 Å². The van der Waals surface area contributed by atoms with Gasteiger partial charge in [0.2, 0.25) is 0 Å². The molecule has 3 aromatic rings. The molecule has 0 heterocycles. The summed E-state index contributed by atoms with van der Waals surface area (Å²) < 4.78 is 10.9. The number of rotatable bonds is 9. The number of hydrogen-bond donors (Lipinski definition) is 3. The van der Waals surface area contributed by atoms with Crippen molar-refractivity contribution in [1.29, 1.82) is 0 Å². The van der Waals surface area contributed by atoms with Gasteiger partial charge in [-0.05, 0) is 73.9 Å². The van der Waals surface area contributed by atoms with E-state index in [2.05, 4.69) is 21.2 Å². The van der Waals surface area contributed by atoms with E-state index in [0.717, 1.165) is 16.9 Å². The van der Waals surface area contributed by atoms with E-state index in [1.807, 2.05) is 39.0 Å². The maximum absolute atomic E-state index is 12.2. The van der Waals surface area contributed by atoms with Crippen LogP contribution in [0.1, 0.15) is 23.6 Å². The minimum Gasteiger partial charge on any atom is -0.494 e. The fourth-order valence-electron chi connectivity index (χ4n) is 3.23. The molecule has 9 heteroatoms. The molecule has 0 unspecified atom stereocenters. The minimum atomic E-state index is -0.896. The van der Waals surface area contributed by atoms with Crippen molar-refractivity contribution in [2.24, 2.45) is 5.10 Å². The Morgan fingerprint density at radius 3 is 2.22 bits per heavy atom. The molecule has 0 fully saturated rings. The molecule has 0 saturated carbocycles. The second-order valence-corrected chi connectivity index (χ2v) is 7.79. The molecule has 0 spiro atoms. The lowest BCUT2D eigenvalue weighted by molar-refractivity contribution is -0.136. The maximum atomic E-state index is 12.2. The van der Waals surface area contributed by atoms with Crippen molar-refractivity contribution in [2.45, 2.75) is 20.8 Å². The Bertz CT molecular complexity index is 1240. The van der Waals surface area contributed by atoms with Crippen molar-refractivity contribution in [2.75, 3.05) is 23.8 Å². The van der Waals surface area contributed by atoms with Gasteiger partial charge in [0.15, 0.2) is 6.61 Å². The van der Waals surface area contributed by atoms with Crippen LogP contribution in [0.4, 0.5) is 11.4 Å². The van der Waals surface area contributed by atoms with Gasteiger partial charge < -0.3 is 20.1 Å². The van der Waals surface area contributed by atoms with Crippen LogP contribution in [0, 0.1) is 13.8 Å². The van der Waals surface area contributed by atoms with Crippen molar-refractivity contribution in [3.63, 3.8) is 0 Å². The topological polar surface area (TPSA) is 118 Å². The van der Waals surface area contributed by atoms with Crippen molar-refractivity contribution in [3.8, 4) is 11.5 Å². The molecule has 36 heavy (non-hydrogen) atoms. The van der Waals surface area contributed by atoms with Crippen LogP contribution in [0.25, 0.3) is 0 Å². The summed E-state index contributed by atoms with van der Waals surface area (Å²) in [7, 11) is 0. The second-order valence-electron chi connectivity index (χ2n) is 7.79. The first kappa shape index (κ1) is 26.0. The molecule has 9 nitrogen and oxygen atoms in total. The van der Waals surface area contributed by atoms with Crippen LogP contribution in [-0.2, 0) is 14.4 Å². The summed E-state index contributed by atoms with van der Waals surface area (Å²) >= 11 is 0. The zero-order chi connectivity index (χ0) is 25.9.